The molecule has 1 aromatic carbocycles. The van der Waals surface area contributed by atoms with Gasteiger partial charge >= 0.3 is 12.4 Å². The highest BCUT2D eigenvalue weighted by Crippen LogP contribution is 2.44. The lowest BCUT2D eigenvalue weighted by Gasteiger charge is -2.27. The number of halogens is 6. The summed E-state index contributed by atoms with van der Waals surface area (Å²) in [5.41, 5.74) is -6.05. The molecule has 0 radical (unpaired) electrons. The van der Waals surface area contributed by atoms with Crippen LogP contribution < -0.4 is 0 Å². The monoisotopic (exact) mass is 297 g/mol. The summed E-state index contributed by atoms with van der Waals surface area (Å²) in [7, 11) is 0. The number of rotatable bonds is 2. The third kappa shape index (κ3) is 3.19. The van der Waals surface area contributed by atoms with E-state index in [4.69, 9.17) is 0 Å². The molecule has 0 aliphatic rings. The van der Waals surface area contributed by atoms with Gasteiger partial charge in [0, 0.05) is 5.56 Å². The number of aliphatic imine (C=N–C) groups is 1. The van der Waals surface area contributed by atoms with Gasteiger partial charge in [-0.1, -0.05) is 6.07 Å². The summed E-state index contributed by atoms with van der Waals surface area (Å²) in [5.74, 6) is 0. The molecule has 0 fully saturated rings. The molecule has 8 heteroatoms. The van der Waals surface area contributed by atoms with Gasteiger partial charge in [-0.25, -0.2) is 4.79 Å². The van der Waals surface area contributed by atoms with Gasteiger partial charge in [0.25, 0.3) is 0 Å². The number of alkyl halides is 6. The van der Waals surface area contributed by atoms with Crippen LogP contribution in [0.5, 0.6) is 0 Å². The average molecular weight is 297 g/mol. The van der Waals surface area contributed by atoms with Crippen molar-refractivity contribution < 1.29 is 31.1 Å². The van der Waals surface area contributed by atoms with E-state index in [2.05, 4.69) is 4.99 Å². The second-order valence-corrected chi connectivity index (χ2v) is 4.49. The van der Waals surface area contributed by atoms with E-state index in [1.165, 1.54) is 0 Å². The van der Waals surface area contributed by atoms with Gasteiger partial charge in [-0.05, 0) is 26.0 Å². The summed E-state index contributed by atoms with van der Waals surface area (Å²) in [5, 5.41) is 0. The summed E-state index contributed by atoms with van der Waals surface area (Å²) < 4.78 is 77.3. The fraction of sp³-hybridized carbons (Fsp3) is 0.417. The third-order valence-electron chi connectivity index (χ3n) is 2.61. The Balaban J connectivity index is 3.79. The molecule has 0 aromatic heterocycles. The normalized spacial score (nSPS) is 13.0. The third-order valence-corrected chi connectivity index (χ3v) is 2.61. The Bertz CT molecular complexity index is 520. The van der Waals surface area contributed by atoms with E-state index in [1.54, 1.807) is 0 Å². The molecule has 0 unspecified atom stereocenters. The van der Waals surface area contributed by atoms with Gasteiger partial charge < -0.3 is 0 Å². The number of carbonyl (C=O) groups excluding carboxylic acids is 1. The molecular weight excluding hydrogens is 288 g/mol. The molecule has 0 spiro atoms. The first-order valence-electron chi connectivity index (χ1n) is 5.28. The zero-order valence-corrected chi connectivity index (χ0v) is 10.4. The van der Waals surface area contributed by atoms with Crippen LogP contribution >= 0.6 is 0 Å². The van der Waals surface area contributed by atoms with Gasteiger partial charge in [-0.15, -0.1) is 0 Å². The molecule has 0 bridgehead atoms. The van der Waals surface area contributed by atoms with Crippen molar-refractivity contribution in [1.29, 1.82) is 0 Å². The number of benzene rings is 1. The first-order chi connectivity index (χ1) is 8.91. The predicted octanol–water partition coefficient (Wildman–Crippen LogP) is 4.30. The van der Waals surface area contributed by atoms with Crippen LogP contribution in [0.25, 0.3) is 0 Å². The maximum Gasteiger partial charge on any atom is 0.416 e. The highest BCUT2D eigenvalue weighted by Gasteiger charge is 2.45. The van der Waals surface area contributed by atoms with E-state index < -0.39 is 34.6 Å². The Morgan fingerprint density at radius 1 is 0.950 bits per heavy atom. The molecule has 2 nitrogen and oxygen atoms in total. The second-order valence-electron chi connectivity index (χ2n) is 4.49. The van der Waals surface area contributed by atoms with Crippen molar-refractivity contribution in [3.63, 3.8) is 0 Å². The Morgan fingerprint density at radius 3 is 1.65 bits per heavy atom. The first-order valence-corrected chi connectivity index (χ1v) is 5.28. The molecule has 0 atom stereocenters. The average Bonchev–Trinajstić information content (AvgIpc) is 2.25. The van der Waals surface area contributed by atoms with E-state index in [-0.39, 0.29) is 0 Å². The number of isocyanates is 1. The van der Waals surface area contributed by atoms with E-state index in [0.29, 0.717) is 18.2 Å². The van der Waals surface area contributed by atoms with Gasteiger partial charge in [0.1, 0.15) is 0 Å². The molecular formula is C12H9F6NO. The Labute approximate surface area is 110 Å². The molecule has 0 aliphatic heterocycles. The summed E-state index contributed by atoms with van der Waals surface area (Å²) in [4.78, 5) is 13.3. The molecule has 0 amide bonds. The fourth-order valence-corrected chi connectivity index (χ4v) is 1.85. The molecule has 0 saturated carbocycles. The van der Waals surface area contributed by atoms with Crippen LogP contribution in [0.1, 0.15) is 30.5 Å². The van der Waals surface area contributed by atoms with Crippen molar-refractivity contribution in [2.75, 3.05) is 0 Å². The molecule has 0 N–H and O–H groups in total. The minimum absolute atomic E-state index is 0.520. The standard InChI is InChI=1S/C12H9F6NO/c1-10(2,19-6-20)9-7(11(13,14)15)4-3-5-8(9)12(16,17)18/h3-5H,1-2H3. The molecule has 1 aromatic rings. The van der Waals surface area contributed by atoms with Gasteiger partial charge in [0.05, 0.1) is 16.7 Å². The summed E-state index contributed by atoms with van der Waals surface area (Å²) in [6, 6.07) is 1.70. The topological polar surface area (TPSA) is 29.4 Å². The summed E-state index contributed by atoms with van der Waals surface area (Å²) in [6.45, 7) is 1.97. The Hall–Kier alpha value is -1.82. The quantitative estimate of drug-likeness (QED) is 0.455. The zero-order valence-electron chi connectivity index (χ0n) is 10.4. The lowest BCUT2D eigenvalue weighted by atomic mass is 9.85. The highest BCUT2D eigenvalue weighted by atomic mass is 19.4. The van der Waals surface area contributed by atoms with Gasteiger partial charge in [0.2, 0.25) is 6.08 Å². The van der Waals surface area contributed by atoms with Crippen LogP contribution in [0.4, 0.5) is 26.3 Å². The van der Waals surface area contributed by atoms with Crippen molar-refractivity contribution >= 4 is 6.08 Å². The maximum absolute atomic E-state index is 12.9. The maximum atomic E-state index is 12.9. The van der Waals surface area contributed by atoms with Crippen molar-refractivity contribution in [1.82, 2.24) is 0 Å². The van der Waals surface area contributed by atoms with Crippen molar-refractivity contribution in [3.8, 4) is 0 Å². The van der Waals surface area contributed by atoms with Gasteiger partial charge in [0.15, 0.2) is 0 Å². The zero-order chi connectivity index (χ0) is 15.8. The minimum atomic E-state index is -4.99. The van der Waals surface area contributed by atoms with Crippen LogP contribution in [0.15, 0.2) is 23.2 Å². The smallest absolute Gasteiger partial charge is 0.211 e. The second kappa shape index (κ2) is 4.94. The van der Waals surface area contributed by atoms with Gasteiger partial charge in [-0.3, -0.25) is 0 Å². The molecule has 110 valence electrons. The molecule has 0 heterocycles. The lowest BCUT2D eigenvalue weighted by molar-refractivity contribution is -0.145. The molecule has 0 saturated heterocycles. The van der Waals surface area contributed by atoms with Crippen molar-refractivity contribution in [3.05, 3.63) is 34.9 Å². The SMILES string of the molecule is CC(C)(N=C=O)c1c(C(F)(F)F)cccc1C(F)(F)F. The van der Waals surface area contributed by atoms with Crippen molar-refractivity contribution in [2.24, 2.45) is 4.99 Å². The molecule has 1 rings (SSSR count). The van der Waals surface area contributed by atoms with Crippen LogP contribution in [-0.2, 0) is 22.7 Å². The van der Waals surface area contributed by atoms with Crippen LogP contribution in [0.2, 0.25) is 0 Å². The van der Waals surface area contributed by atoms with Crippen LogP contribution in [-0.4, -0.2) is 6.08 Å². The Morgan fingerprint density at radius 2 is 1.35 bits per heavy atom. The fourth-order valence-electron chi connectivity index (χ4n) is 1.85. The largest absolute Gasteiger partial charge is 0.416 e. The van der Waals surface area contributed by atoms with E-state index in [9.17, 15) is 31.1 Å². The van der Waals surface area contributed by atoms with Crippen molar-refractivity contribution in [2.45, 2.75) is 31.7 Å². The Kier molecular flexibility index (Phi) is 4.01. The van der Waals surface area contributed by atoms with E-state index in [1.807, 2.05) is 0 Å². The first kappa shape index (κ1) is 16.2. The summed E-state index contributed by atoms with van der Waals surface area (Å²) >= 11 is 0. The van der Waals surface area contributed by atoms with Crippen LogP contribution in [0, 0.1) is 0 Å². The van der Waals surface area contributed by atoms with Gasteiger partial charge in [-0.2, -0.15) is 31.3 Å². The predicted molar refractivity (Wildman–Crippen MR) is 57.6 cm³/mol. The lowest BCUT2D eigenvalue weighted by Crippen LogP contribution is -2.26. The minimum Gasteiger partial charge on any atom is -0.211 e. The van der Waals surface area contributed by atoms with E-state index >= 15 is 0 Å². The molecule has 0 aliphatic carbocycles. The number of hydrogen-bond donors (Lipinski definition) is 0. The number of nitrogens with zero attached hydrogens (tertiary/aromatic N) is 1. The number of hydrogen-bond acceptors (Lipinski definition) is 2. The highest BCUT2D eigenvalue weighted by molar-refractivity contribution is 5.46. The summed E-state index contributed by atoms with van der Waals surface area (Å²) in [6.07, 6.45) is -8.98. The molecule has 20 heavy (non-hydrogen) atoms. The van der Waals surface area contributed by atoms with E-state index in [0.717, 1.165) is 19.9 Å². The van der Waals surface area contributed by atoms with Crippen LogP contribution in [0.3, 0.4) is 0 Å².